The van der Waals surface area contributed by atoms with Crippen LogP contribution in [0.4, 0.5) is 4.39 Å². The number of aromatic carboxylic acids is 1. The van der Waals surface area contributed by atoms with E-state index in [9.17, 15) is 14.0 Å². The number of benzene rings is 2. The van der Waals surface area contributed by atoms with Crippen molar-refractivity contribution >= 4 is 11.9 Å². The maximum atomic E-state index is 12.9. The van der Waals surface area contributed by atoms with Gasteiger partial charge in [0.1, 0.15) is 5.82 Å². The van der Waals surface area contributed by atoms with Crippen LogP contribution in [0.25, 0.3) is 11.1 Å². The summed E-state index contributed by atoms with van der Waals surface area (Å²) in [5.41, 5.74) is 1.51. The molecular formula is C15H11FO4. The largest absolute Gasteiger partial charge is 0.481 e. The first kappa shape index (κ1) is 13.7. The lowest BCUT2D eigenvalue weighted by atomic mass is 9.97. The fraction of sp³-hybridized carbons (Fsp3) is 0.0667. The highest BCUT2D eigenvalue weighted by molar-refractivity contribution is 5.92. The summed E-state index contributed by atoms with van der Waals surface area (Å²) < 4.78 is 12.9. The minimum absolute atomic E-state index is 0.0433. The van der Waals surface area contributed by atoms with Gasteiger partial charge in [-0.3, -0.25) is 4.79 Å². The zero-order chi connectivity index (χ0) is 14.7. The molecule has 0 aliphatic carbocycles. The molecule has 0 amide bonds. The van der Waals surface area contributed by atoms with E-state index in [1.807, 2.05) is 0 Å². The van der Waals surface area contributed by atoms with Gasteiger partial charge in [-0.1, -0.05) is 18.2 Å². The number of rotatable bonds is 4. The molecule has 0 atom stereocenters. The zero-order valence-electron chi connectivity index (χ0n) is 10.3. The normalized spacial score (nSPS) is 10.2. The average molecular weight is 274 g/mol. The van der Waals surface area contributed by atoms with Crippen LogP contribution in [0.2, 0.25) is 0 Å². The highest BCUT2D eigenvalue weighted by Gasteiger charge is 2.14. The Kier molecular flexibility index (Phi) is 3.79. The maximum Gasteiger partial charge on any atom is 0.335 e. The minimum Gasteiger partial charge on any atom is -0.481 e. The molecule has 0 fully saturated rings. The number of carboxylic acid groups (broad SMARTS) is 2. The van der Waals surface area contributed by atoms with Crippen molar-refractivity contribution in [3.8, 4) is 11.1 Å². The third-order valence-electron chi connectivity index (χ3n) is 2.85. The van der Waals surface area contributed by atoms with E-state index in [2.05, 4.69) is 0 Å². The molecule has 2 rings (SSSR count). The Balaban J connectivity index is 2.48. The third kappa shape index (κ3) is 3.00. The van der Waals surface area contributed by atoms with E-state index in [0.29, 0.717) is 11.1 Å². The molecule has 2 aromatic carbocycles. The van der Waals surface area contributed by atoms with Crippen molar-refractivity contribution < 1.29 is 24.2 Å². The summed E-state index contributed by atoms with van der Waals surface area (Å²) in [7, 11) is 0. The van der Waals surface area contributed by atoms with E-state index in [1.165, 1.54) is 24.3 Å². The highest BCUT2D eigenvalue weighted by atomic mass is 19.1. The predicted octanol–water partition coefficient (Wildman–Crippen LogP) is 2.82. The van der Waals surface area contributed by atoms with Crippen molar-refractivity contribution in [2.24, 2.45) is 0 Å². The SMILES string of the molecule is O=C(O)Cc1cc(-c2ccc(F)cc2)ccc1C(=O)O. The summed E-state index contributed by atoms with van der Waals surface area (Å²) in [6, 6.07) is 10.1. The Morgan fingerprint density at radius 3 is 2.10 bits per heavy atom. The summed E-state index contributed by atoms with van der Waals surface area (Å²) >= 11 is 0. The lowest BCUT2D eigenvalue weighted by Crippen LogP contribution is -2.08. The molecule has 0 saturated heterocycles. The second-order valence-electron chi connectivity index (χ2n) is 4.25. The summed E-state index contributed by atoms with van der Waals surface area (Å²) in [5.74, 6) is -2.66. The number of aliphatic carboxylic acids is 1. The maximum absolute atomic E-state index is 12.9. The van der Waals surface area contributed by atoms with Crippen molar-refractivity contribution in [2.45, 2.75) is 6.42 Å². The first-order chi connectivity index (χ1) is 9.47. The molecule has 0 unspecified atom stereocenters. The lowest BCUT2D eigenvalue weighted by molar-refractivity contribution is -0.136. The van der Waals surface area contributed by atoms with Gasteiger partial charge < -0.3 is 10.2 Å². The van der Waals surface area contributed by atoms with Gasteiger partial charge in [0, 0.05) is 0 Å². The van der Waals surface area contributed by atoms with E-state index in [-0.39, 0.29) is 23.4 Å². The first-order valence-electron chi connectivity index (χ1n) is 5.81. The van der Waals surface area contributed by atoms with Crippen LogP contribution in [0.15, 0.2) is 42.5 Å². The molecule has 102 valence electrons. The topological polar surface area (TPSA) is 74.6 Å². The Bertz CT molecular complexity index is 662. The summed E-state index contributed by atoms with van der Waals surface area (Å²) in [5, 5.41) is 17.9. The van der Waals surface area contributed by atoms with Crippen molar-refractivity contribution in [1.29, 1.82) is 0 Å². The summed E-state index contributed by atoms with van der Waals surface area (Å²) in [6.45, 7) is 0. The number of hydrogen-bond donors (Lipinski definition) is 2. The molecule has 0 saturated carbocycles. The van der Waals surface area contributed by atoms with Crippen LogP contribution in [-0.4, -0.2) is 22.2 Å². The van der Waals surface area contributed by atoms with E-state index < -0.39 is 11.9 Å². The second-order valence-corrected chi connectivity index (χ2v) is 4.25. The van der Waals surface area contributed by atoms with E-state index in [4.69, 9.17) is 10.2 Å². The van der Waals surface area contributed by atoms with Crippen LogP contribution < -0.4 is 0 Å². The molecule has 0 heterocycles. The number of carbonyl (C=O) groups is 2. The van der Waals surface area contributed by atoms with Gasteiger partial charge in [0.25, 0.3) is 0 Å². The van der Waals surface area contributed by atoms with Gasteiger partial charge in [-0.25, -0.2) is 9.18 Å². The Labute approximate surface area is 114 Å². The molecule has 20 heavy (non-hydrogen) atoms. The monoisotopic (exact) mass is 274 g/mol. The molecule has 5 heteroatoms. The van der Waals surface area contributed by atoms with Crippen LogP contribution in [-0.2, 0) is 11.2 Å². The zero-order valence-corrected chi connectivity index (χ0v) is 10.3. The Morgan fingerprint density at radius 1 is 0.950 bits per heavy atom. The molecule has 0 aliphatic heterocycles. The van der Waals surface area contributed by atoms with Crippen LogP contribution in [0, 0.1) is 5.82 Å². The number of hydrogen-bond acceptors (Lipinski definition) is 2. The fourth-order valence-electron chi connectivity index (χ4n) is 1.93. The highest BCUT2D eigenvalue weighted by Crippen LogP contribution is 2.23. The van der Waals surface area contributed by atoms with Gasteiger partial charge in [0.05, 0.1) is 12.0 Å². The Hall–Kier alpha value is -2.69. The molecule has 2 aromatic rings. The summed E-state index contributed by atoms with van der Waals surface area (Å²) in [4.78, 5) is 21.8. The molecule has 0 spiro atoms. The van der Waals surface area contributed by atoms with Crippen LogP contribution >= 0.6 is 0 Å². The molecular weight excluding hydrogens is 263 g/mol. The minimum atomic E-state index is -1.17. The van der Waals surface area contributed by atoms with Gasteiger partial charge in [0.15, 0.2) is 0 Å². The van der Waals surface area contributed by atoms with Gasteiger partial charge >= 0.3 is 11.9 Å². The fourth-order valence-corrected chi connectivity index (χ4v) is 1.93. The number of halogens is 1. The van der Waals surface area contributed by atoms with Crippen LogP contribution in [0.1, 0.15) is 15.9 Å². The van der Waals surface area contributed by atoms with Crippen molar-refractivity contribution in [3.63, 3.8) is 0 Å². The van der Waals surface area contributed by atoms with Crippen molar-refractivity contribution in [1.82, 2.24) is 0 Å². The predicted molar refractivity (Wildman–Crippen MR) is 70.1 cm³/mol. The van der Waals surface area contributed by atoms with Gasteiger partial charge in [-0.05, 0) is 41.0 Å². The van der Waals surface area contributed by atoms with E-state index in [1.54, 1.807) is 18.2 Å². The van der Waals surface area contributed by atoms with Crippen molar-refractivity contribution in [3.05, 3.63) is 59.4 Å². The standard InChI is InChI=1S/C15H11FO4/c16-12-4-1-9(2-5-12)10-3-6-13(15(19)20)11(7-10)8-14(17)18/h1-7H,8H2,(H,17,18)(H,19,20). The van der Waals surface area contributed by atoms with Crippen molar-refractivity contribution in [2.75, 3.05) is 0 Å². The molecule has 0 aliphatic rings. The quantitative estimate of drug-likeness (QED) is 0.899. The second kappa shape index (κ2) is 5.52. The average Bonchev–Trinajstić information content (AvgIpc) is 2.38. The summed E-state index contributed by atoms with van der Waals surface area (Å²) in [6.07, 6.45) is -0.378. The smallest absolute Gasteiger partial charge is 0.335 e. The van der Waals surface area contributed by atoms with E-state index >= 15 is 0 Å². The van der Waals surface area contributed by atoms with Crippen LogP contribution in [0.5, 0.6) is 0 Å². The Morgan fingerprint density at radius 2 is 1.55 bits per heavy atom. The third-order valence-corrected chi connectivity index (χ3v) is 2.85. The van der Waals surface area contributed by atoms with Gasteiger partial charge in [-0.15, -0.1) is 0 Å². The van der Waals surface area contributed by atoms with Gasteiger partial charge in [-0.2, -0.15) is 0 Å². The van der Waals surface area contributed by atoms with Gasteiger partial charge in [0.2, 0.25) is 0 Å². The molecule has 0 radical (unpaired) electrons. The molecule has 4 nitrogen and oxygen atoms in total. The molecule has 2 N–H and O–H groups in total. The lowest BCUT2D eigenvalue weighted by Gasteiger charge is -2.08. The van der Waals surface area contributed by atoms with E-state index in [0.717, 1.165) is 0 Å². The molecule has 0 aromatic heterocycles. The number of carboxylic acids is 2. The first-order valence-corrected chi connectivity index (χ1v) is 5.81. The van der Waals surface area contributed by atoms with Crippen LogP contribution in [0.3, 0.4) is 0 Å². The molecule has 0 bridgehead atoms.